The molecule has 0 radical (unpaired) electrons. The predicted molar refractivity (Wildman–Crippen MR) is 89.8 cm³/mol. The number of likely N-dealkylation sites (N-methyl/N-ethyl adjacent to an activating group) is 1. The van der Waals surface area contributed by atoms with Crippen molar-refractivity contribution in [3.8, 4) is 5.75 Å². The van der Waals surface area contributed by atoms with Gasteiger partial charge in [-0.1, -0.05) is 24.6 Å². The molecule has 0 fully saturated rings. The number of methoxy groups -OCH3 is 1. The van der Waals surface area contributed by atoms with E-state index in [1.54, 1.807) is 13.3 Å². The van der Waals surface area contributed by atoms with Gasteiger partial charge in [0.25, 0.3) is 0 Å². The molecule has 1 unspecified atom stereocenters. The number of ether oxygens (including phenoxy) is 1. The molecule has 0 amide bonds. The summed E-state index contributed by atoms with van der Waals surface area (Å²) in [6.45, 7) is 5.13. The lowest BCUT2D eigenvalue weighted by molar-refractivity contribution is 0.405. The van der Waals surface area contributed by atoms with Crippen LogP contribution in [0.25, 0.3) is 0 Å². The first-order valence-corrected chi connectivity index (χ1v) is 7.90. The SMILES string of the molecule is CCNC(Cc1cc(C)ccc1OC)c1cncc(Br)c1. The zero-order chi connectivity index (χ0) is 15.2. The summed E-state index contributed by atoms with van der Waals surface area (Å²) < 4.78 is 6.49. The molecule has 1 heterocycles. The van der Waals surface area contributed by atoms with Gasteiger partial charge in [0, 0.05) is 22.9 Å². The van der Waals surface area contributed by atoms with Gasteiger partial charge in [-0.25, -0.2) is 0 Å². The molecule has 0 saturated carbocycles. The van der Waals surface area contributed by atoms with Crippen LogP contribution in [0.4, 0.5) is 0 Å². The van der Waals surface area contributed by atoms with Crippen molar-refractivity contribution in [2.24, 2.45) is 0 Å². The van der Waals surface area contributed by atoms with E-state index in [4.69, 9.17) is 4.74 Å². The first kappa shape index (κ1) is 16.0. The molecule has 3 nitrogen and oxygen atoms in total. The van der Waals surface area contributed by atoms with Crippen LogP contribution in [-0.4, -0.2) is 18.6 Å². The Morgan fingerprint density at radius 1 is 1.29 bits per heavy atom. The molecule has 0 bridgehead atoms. The van der Waals surface area contributed by atoms with Crippen molar-refractivity contribution in [2.45, 2.75) is 26.3 Å². The van der Waals surface area contributed by atoms with Crippen LogP contribution in [0, 0.1) is 6.92 Å². The van der Waals surface area contributed by atoms with Crippen LogP contribution in [0.5, 0.6) is 5.75 Å². The third kappa shape index (κ3) is 4.29. The molecule has 1 aromatic heterocycles. The number of benzene rings is 1. The number of rotatable bonds is 6. The van der Waals surface area contributed by atoms with Crippen LogP contribution < -0.4 is 10.1 Å². The average molecular weight is 349 g/mol. The zero-order valence-electron chi connectivity index (χ0n) is 12.7. The van der Waals surface area contributed by atoms with Gasteiger partial charge < -0.3 is 10.1 Å². The van der Waals surface area contributed by atoms with E-state index in [2.05, 4.69) is 58.3 Å². The Labute approximate surface area is 134 Å². The van der Waals surface area contributed by atoms with Gasteiger partial charge in [-0.05, 0) is 59.1 Å². The quantitative estimate of drug-likeness (QED) is 0.854. The maximum Gasteiger partial charge on any atom is 0.122 e. The van der Waals surface area contributed by atoms with Gasteiger partial charge in [0.15, 0.2) is 0 Å². The maximum absolute atomic E-state index is 5.49. The third-order valence-electron chi connectivity index (χ3n) is 3.44. The number of aromatic nitrogens is 1. The Morgan fingerprint density at radius 3 is 2.76 bits per heavy atom. The summed E-state index contributed by atoms with van der Waals surface area (Å²) in [5.74, 6) is 0.937. The summed E-state index contributed by atoms with van der Waals surface area (Å²) in [5, 5.41) is 3.53. The maximum atomic E-state index is 5.49. The molecule has 1 aromatic carbocycles. The van der Waals surface area contributed by atoms with Crippen LogP contribution in [0.2, 0.25) is 0 Å². The number of hydrogen-bond donors (Lipinski definition) is 1. The molecule has 1 atom stereocenters. The lowest BCUT2D eigenvalue weighted by Gasteiger charge is -2.20. The molecule has 112 valence electrons. The molecule has 1 N–H and O–H groups in total. The predicted octanol–water partition coefficient (Wildman–Crippen LogP) is 4.05. The fraction of sp³-hybridized carbons (Fsp3) is 0.353. The zero-order valence-corrected chi connectivity index (χ0v) is 14.3. The summed E-state index contributed by atoms with van der Waals surface area (Å²) >= 11 is 3.49. The molecule has 0 spiro atoms. The van der Waals surface area contributed by atoms with Crippen molar-refractivity contribution in [2.75, 3.05) is 13.7 Å². The molecule has 2 aromatic rings. The van der Waals surface area contributed by atoms with Gasteiger partial charge in [0.2, 0.25) is 0 Å². The Balaban J connectivity index is 2.30. The minimum atomic E-state index is 0.218. The van der Waals surface area contributed by atoms with E-state index >= 15 is 0 Å². The second-order valence-corrected chi connectivity index (χ2v) is 5.98. The van der Waals surface area contributed by atoms with Crippen molar-refractivity contribution in [1.82, 2.24) is 10.3 Å². The third-order valence-corrected chi connectivity index (χ3v) is 3.87. The highest BCUT2D eigenvalue weighted by Crippen LogP contribution is 2.27. The molecule has 4 heteroatoms. The van der Waals surface area contributed by atoms with Crippen LogP contribution in [0.15, 0.2) is 41.1 Å². The van der Waals surface area contributed by atoms with Gasteiger partial charge in [-0.3, -0.25) is 4.98 Å². The van der Waals surface area contributed by atoms with E-state index in [-0.39, 0.29) is 6.04 Å². The van der Waals surface area contributed by atoms with Crippen molar-refractivity contribution in [1.29, 1.82) is 0 Å². The lowest BCUT2D eigenvalue weighted by Crippen LogP contribution is -2.23. The number of pyridine rings is 1. The minimum absolute atomic E-state index is 0.218. The fourth-order valence-corrected chi connectivity index (χ4v) is 2.84. The molecule has 21 heavy (non-hydrogen) atoms. The summed E-state index contributed by atoms with van der Waals surface area (Å²) in [6, 6.07) is 8.63. The average Bonchev–Trinajstić information content (AvgIpc) is 2.47. The second-order valence-electron chi connectivity index (χ2n) is 5.07. The van der Waals surface area contributed by atoms with Crippen molar-refractivity contribution in [3.63, 3.8) is 0 Å². The molecule has 0 saturated heterocycles. The minimum Gasteiger partial charge on any atom is -0.496 e. The Kier molecular flexibility index (Phi) is 5.76. The first-order chi connectivity index (χ1) is 10.1. The highest BCUT2D eigenvalue weighted by molar-refractivity contribution is 9.10. The number of hydrogen-bond acceptors (Lipinski definition) is 3. The number of aryl methyl sites for hydroxylation is 1. The van der Waals surface area contributed by atoms with Gasteiger partial charge >= 0.3 is 0 Å². The van der Waals surface area contributed by atoms with E-state index in [9.17, 15) is 0 Å². The highest BCUT2D eigenvalue weighted by Gasteiger charge is 2.15. The molecule has 0 aliphatic heterocycles. The normalized spacial score (nSPS) is 12.2. The highest BCUT2D eigenvalue weighted by atomic mass is 79.9. The summed E-state index contributed by atoms with van der Waals surface area (Å²) in [4.78, 5) is 4.27. The topological polar surface area (TPSA) is 34.1 Å². The molecule has 0 aliphatic carbocycles. The summed E-state index contributed by atoms with van der Waals surface area (Å²) in [6.07, 6.45) is 4.59. The van der Waals surface area contributed by atoms with Gasteiger partial charge in [0.1, 0.15) is 5.75 Å². The smallest absolute Gasteiger partial charge is 0.122 e. The number of halogens is 1. The van der Waals surface area contributed by atoms with Crippen LogP contribution in [0.1, 0.15) is 29.7 Å². The summed E-state index contributed by atoms with van der Waals surface area (Å²) in [7, 11) is 1.72. The first-order valence-electron chi connectivity index (χ1n) is 7.11. The van der Waals surface area contributed by atoms with Crippen LogP contribution in [-0.2, 0) is 6.42 Å². The Bertz CT molecular complexity index is 601. The Hall–Kier alpha value is -1.39. The lowest BCUT2D eigenvalue weighted by atomic mass is 9.98. The summed E-state index contributed by atoms with van der Waals surface area (Å²) in [5.41, 5.74) is 3.63. The molecular formula is C17H21BrN2O. The largest absolute Gasteiger partial charge is 0.496 e. The van der Waals surface area contributed by atoms with Crippen LogP contribution >= 0.6 is 15.9 Å². The van der Waals surface area contributed by atoms with E-state index < -0.39 is 0 Å². The van der Waals surface area contributed by atoms with E-state index in [1.807, 2.05) is 12.3 Å². The van der Waals surface area contributed by atoms with Crippen molar-refractivity contribution in [3.05, 3.63) is 57.8 Å². The van der Waals surface area contributed by atoms with Gasteiger partial charge in [-0.2, -0.15) is 0 Å². The molecular weight excluding hydrogens is 328 g/mol. The van der Waals surface area contributed by atoms with Gasteiger partial charge in [-0.15, -0.1) is 0 Å². The van der Waals surface area contributed by atoms with Crippen molar-refractivity contribution < 1.29 is 4.74 Å². The number of nitrogens with one attached hydrogen (secondary N) is 1. The molecule has 2 rings (SSSR count). The van der Waals surface area contributed by atoms with E-state index in [1.165, 1.54) is 16.7 Å². The number of nitrogens with zero attached hydrogens (tertiary/aromatic N) is 1. The molecule has 0 aliphatic rings. The Morgan fingerprint density at radius 2 is 2.10 bits per heavy atom. The van der Waals surface area contributed by atoms with E-state index in [0.717, 1.165) is 23.2 Å². The van der Waals surface area contributed by atoms with Crippen LogP contribution in [0.3, 0.4) is 0 Å². The second kappa shape index (κ2) is 7.57. The van der Waals surface area contributed by atoms with Crippen molar-refractivity contribution >= 4 is 15.9 Å². The van der Waals surface area contributed by atoms with Gasteiger partial charge in [0.05, 0.1) is 7.11 Å². The fourth-order valence-electron chi connectivity index (χ4n) is 2.46. The van der Waals surface area contributed by atoms with E-state index in [0.29, 0.717) is 0 Å². The standard InChI is InChI=1S/C17H21BrN2O/c1-4-20-16(14-8-15(18)11-19-10-14)9-13-7-12(2)5-6-17(13)21-3/h5-8,10-11,16,20H,4,9H2,1-3H3. The monoisotopic (exact) mass is 348 g/mol.